The van der Waals surface area contributed by atoms with E-state index in [0.29, 0.717) is 16.6 Å². The molecule has 0 radical (unpaired) electrons. The van der Waals surface area contributed by atoms with Crippen molar-refractivity contribution in [3.8, 4) is 0 Å². The molecule has 1 aromatic heterocycles. The monoisotopic (exact) mass is 288 g/mol. The van der Waals surface area contributed by atoms with Crippen LogP contribution in [-0.2, 0) is 0 Å². The van der Waals surface area contributed by atoms with Crippen LogP contribution in [0.5, 0.6) is 0 Å². The number of rotatable bonds is 2. The SMILES string of the molecule is CN(c1cc2nc[nH]c(=O)c2cc1N)C1CCCCC1O. The summed E-state index contributed by atoms with van der Waals surface area (Å²) < 4.78 is 0. The zero-order valence-corrected chi connectivity index (χ0v) is 12.0. The molecule has 6 nitrogen and oxygen atoms in total. The van der Waals surface area contributed by atoms with Crippen molar-refractivity contribution in [3.05, 3.63) is 28.8 Å². The lowest BCUT2D eigenvalue weighted by Gasteiger charge is -2.37. The van der Waals surface area contributed by atoms with Crippen molar-refractivity contribution in [2.24, 2.45) is 0 Å². The molecule has 1 aliphatic rings. The average molecular weight is 288 g/mol. The lowest BCUT2D eigenvalue weighted by atomic mass is 9.91. The molecule has 0 amide bonds. The molecule has 0 spiro atoms. The third kappa shape index (κ3) is 2.47. The molecule has 2 unspecified atom stereocenters. The molecule has 3 rings (SSSR count). The van der Waals surface area contributed by atoms with Crippen LogP contribution >= 0.6 is 0 Å². The molecule has 0 bridgehead atoms. The van der Waals surface area contributed by atoms with Crippen LogP contribution in [0.25, 0.3) is 10.9 Å². The molecular formula is C15H20N4O2. The summed E-state index contributed by atoms with van der Waals surface area (Å²) in [5, 5.41) is 10.7. The fourth-order valence-corrected chi connectivity index (χ4v) is 3.15. The molecule has 21 heavy (non-hydrogen) atoms. The van der Waals surface area contributed by atoms with Gasteiger partial charge in [-0.25, -0.2) is 4.98 Å². The van der Waals surface area contributed by atoms with Gasteiger partial charge in [0.1, 0.15) is 0 Å². The predicted octanol–water partition coefficient (Wildman–Crippen LogP) is 1.24. The third-order valence-electron chi connectivity index (χ3n) is 4.36. The number of hydrogen-bond acceptors (Lipinski definition) is 5. The Morgan fingerprint density at radius 1 is 1.38 bits per heavy atom. The molecule has 0 saturated heterocycles. The van der Waals surface area contributed by atoms with Gasteiger partial charge >= 0.3 is 0 Å². The maximum atomic E-state index is 11.8. The van der Waals surface area contributed by atoms with Crippen LogP contribution in [0.15, 0.2) is 23.3 Å². The topological polar surface area (TPSA) is 95.2 Å². The van der Waals surface area contributed by atoms with Gasteiger partial charge in [0, 0.05) is 7.05 Å². The number of aliphatic hydroxyl groups is 1. The summed E-state index contributed by atoms with van der Waals surface area (Å²) in [5.41, 5.74) is 7.86. The van der Waals surface area contributed by atoms with Crippen molar-refractivity contribution >= 4 is 22.3 Å². The number of nitrogen functional groups attached to an aromatic ring is 1. The zero-order valence-electron chi connectivity index (χ0n) is 12.0. The number of hydrogen-bond donors (Lipinski definition) is 3. The molecule has 0 aliphatic heterocycles. The number of nitrogens with one attached hydrogen (secondary N) is 1. The Balaban J connectivity index is 2.03. The third-order valence-corrected chi connectivity index (χ3v) is 4.36. The Hall–Kier alpha value is -2.08. The summed E-state index contributed by atoms with van der Waals surface area (Å²) in [6, 6.07) is 3.53. The van der Waals surface area contributed by atoms with Gasteiger partial charge in [-0.3, -0.25) is 4.79 Å². The lowest BCUT2D eigenvalue weighted by Crippen LogP contribution is -2.43. The largest absolute Gasteiger partial charge is 0.397 e. The molecule has 1 aromatic carbocycles. The second kappa shape index (κ2) is 5.37. The molecule has 2 aromatic rings. The Kier molecular flexibility index (Phi) is 3.55. The molecular weight excluding hydrogens is 268 g/mol. The number of nitrogens with zero attached hydrogens (tertiary/aromatic N) is 2. The van der Waals surface area contributed by atoms with Crippen molar-refractivity contribution in [3.63, 3.8) is 0 Å². The number of benzene rings is 1. The molecule has 112 valence electrons. The normalized spacial score (nSPS) is 22.4. The number of fused-ring (bicyclic) bond motifs is 1. The average Bonchev–Trinajstić information content (AvgIpc) is 2.47. The number of aliphatic hydroxyl groups excluding tert-OH is 1. The van der Waals surface area contributed by atoms with Crippen molar-refractivity contribution in [1.82, 2.24) is 9.97 Å². The van der Waals surface area contributed by atoms with E-state index in [-0.39, 0.29) is 17.7 Å². The second-order valence-corrected chi connectivity index (χ2v) is 5.69. The van der Waals surface area contributed by atoms with Gasteiger partial charge in [-0.1, -0.05) is 12.8 Å². The maximum Gasteiger partial charge on any atom is 0.258 e. The van der Waals surface area contributed by atoms with Crippen LogP contribution in [-0.4, -0.2) is 34.3 Å². The second-order valence-electron chi connectivity index (χ2n) is 5.69. The smallest absolute Gasteiger partial charge is 0.258 e. The minimum Gasteiger partial charge on any atom is -0.397 e. The van der Waals surface area contributed by atoms with Crippen LogP contribution in [0.2, 0.25) is 0 Å². The maximum absolute atomic E-state index is 11.8. The van der Waals surface area contributed by atoms with Crippen LogP contribution in [0, 0.1) is 0 Å². The number of aromatic nitrogens is 2. The standard InChI is InChI=1S/C15H20N4O2/c1-19(12-4-2-3-5-14(12)20)13-7-11-9(6-10(13)16)15(21)18-8-17-11/h6-8,12,14,20H,2-5,16H2,1H3,(H,17,18,21). The minimum atomic E-state index is -0.342. The molecule has 1 aliphatic carbocycles. The highest BCUT2D eigenvalue weighted by Gasteiger charge is 2.27. The van der Waals surface area contributed by atoms with Gasteiger partial charge in [0.2, 0.25) is 0 Å². The van der Waals surface area contributed by atoms with E-state index in [1.807, 2.05) is 18.0 Å². The first-order valence-corrected chi connectivity index (χ1v) is 7.26. The summed E-state index contributed by atoms with van der Waals surface area (Å²) in [7, 11) is 1.93. The van der Waals surface area contributed by atoms with Gasteiger partial charge < -0.3 is 20.7 Å². The molecule has 1 fully saturated rings. The molecule has 4 N–H and O–H groups in total. The Bertz CT molecular complexity index is 712. The highest BCUT2D eigenvalue weighted by molar-refractivity contribution is 5.88. The van der Waals surface area contributed by atoms with E-state index in [4.69, 9.17) is 5.73 Å². The fourth-order valence-electron chi connectivity index (χ4n) is 3.15. The van der Waals surface area contributed by atoms with Crippen LogP contribution in [0.3, 0.4) is 0 Å². The number of aromatic amines is 1. The van der Waals surface area contributed by atoms with Crippen molar-refractivity contribution in [2.75, 3.05) is 17.7 Å². The lowest BCUT2D eigenvalue weighted by molar-refractivity contribution is 0.106. The highest BCUT2D eigenvalue weighted by Crippen LogP contribution is 2.31. The van der Waals surface area contributed by atoms with Gasteiger partial charge in [0.15, 0.2) is 0 Å². The van der Waals surface area contributed by atoms with Crippen molar-refractivity contribution < 1.29 is 5.11 Å². The highest BCUT2D eigenvalue weighted by atomic mass is 16.3. The zero-order chi connectivity index (χ0) is 15.0. The summed E-state index contributed by atoms with van der Waals surface area (Å²) in [5.74, 6) is 0. The Morgan fingerprint density at radius 2 is 2.14 bits per heavy atom. The van der Waals surface area contributed by atoms with E-state index >= 15 is 0 Å². The summed E-state index contributed by atoms with van der Waals surface area (Å²) >= 11 is 0. The first kappa shape index (κ1) is 13.9. The molecule has 6 heteroatoms. The molecule has 2 atom stereocenters. The minimum absolute atomic E-state index is 0.0560. The Labute approximate surface area is 122 Å². The number of nitrogens with two attached hydrogens (primary N) is 1. The predicted molar refractivity (Wildman–Crippen MR) is 83.4 cm³/mol. The van der Waals surface area contributed by atoms with E-state index in [0.717, 1.165) is 31.4 Å². The van der Waals surface area contributed by atoms with E-state index < -0.39 is 0 Å². The quantitative estimate of drug-likeness (QED) is 0.723. The van der Waals surface area contributed by atoms with Crippen molar-refractivity contribution in [2.45, 2.75) is 37.8 Å². The van der Waals surface area contributed by atoms with Gasteiger partial charge in [0.05, 0.1) is 40.8 Å². The fraction of sp³-hybridized carbons (Fsp3) is 0.467. The van der Waals surface area contributed by atoms with Gasteiger partial charge in [0.25, 0.3) is 5.56 Å². The van der Waals surface area contributed by atoms with E-state index in [1.165, 1.54) is 6.33 Å². The van der Waals surface area contributed by atoms with E-state index in [9.17, 15) is 9.90 Å². The van der Waals surface area contributed by atoms with Gasteiger partial charge in [-0.15, -0.1) is 0 Å². The molecule has 1 saturated carbocycles. The number of H-pyrrole nitrogens is 1. The summed E-state index contributed by atoms with van der Waals surface area (Å²) in [6.07, 6.45) is 4.98. The Morgan fingerprint density at radius 3 is 2.90 bits per heavy atom. The van der Waals surface area contributed by atoms with E-state index in [1.54, 1.807) is 6.07 Å². The van der Waals surface area contributed by atoms with Crippen LogP contribution in [0.1, 0.15) is 25.7 Å². The first-order chi connectivity index (χ1) is 10.1. The first-order valence-electron chi connectivity index (χ1n) is 7.26. The van der Waals surface area contributed by atoms with E-state index in [2.05, 4.69) is 9.97 Å². The van der Waals surface area contributed by atoms with Gasteiger partial charge in [-0.2, -0.15) is 0 Å². The summed E-state index contributed by atoms with van der Waals surface area (Å²) in [6.45, 7) is 0. The number of likely N-dealkylation sites (N-methyl/N-ethyl adjacent to an activating group) is 1. The van der Waals surface area contributed by atoms with Gasteiger partial charge in [-0.05, 0) is 25.0 Å². The molecule has 1 heterocycles. The summed E-state index contributed by atoms with van der Waals surface area (Å²) in [4.78, 5) is 20.5. The number of anilines is 2. The van der Waals surface area contributed by atoms with Crippen LogP contribution < -0.4 is 16.2 Å². The van der Waals surface area contributed by atoms with Crippen molar-refractivity contribution in [1.29, 1.82) is 0 Å². The van der Waals surface area contributed by atoms with Crippen LogP contribution in [0.4, 0.5) is 11.4 Å².